The summed E-state index contributed by atoms with van der Waals surface area (Å²) in [5, 5.41) is 18.7. The molecule has 0 atom stereocenters. The molecule has 7 nitrogen and oxygen atoms in total. The summed E-state index contributed by atoms with van der Waals surface area (Å²) in [4.78, 5) is 18.2. The molecule has 1 rings (SSSR count). The molecule has 0 aliphatic carbocycles. The van der Waals surface area contributed by atoms with Crippen molar-refractivity contribution >= 4 is 23.5 Å². The van der Waals surface area contributed by atoms with Gasteiger partial charge in [-0.3, -0.25) is 0 Å². The first-order chi connectivity index (χ1) is 11.6. The van der Waals surface area contributed by atoms with Crippen LogP contribution in [0.2, 0.25) is 5.02 Å². The van der Waals surface area contributed by atoms with Crippen LogP contribution in [0.1, 0.15) is 25.0 Å². The number of carbonyl (C=O) groups is 2. The number of carboxylic acid groups (broad SMARTS) is 2. The van der Waals surface area contributed by atoms with Crippen LogP contribution in [0.25, 0.3) is 0 Å². The summed E-state index contributed by atoms with van der Waals surface area (Å²) >= 11 is 6.16. The predicted octanol–water partition coefficient (Wildman–Crippen LogP) is 2.51. The summed E-state index contributed by atoms with van der Waals surface area (Å²) < 4.78 is 11.2. The summed E-state index contributed by atoms with van der Waals surface area (Å²) in [6.45, 7) is 10.9. The molecule has 3 N–H and O–H groups in total. The maximum absolute atomic E-state index is 9.10. The quantitative estimate of drug-likeness (QED) is 0.473. The number of benzene rings is 1. The van der Waals surface area contributed by atoms with Crippen molar-refractivity contribution in [3.05, 3.63) is 28.3 Å². The normalized spacial score (nSPS) is 10.2. The van der Waals surface area contributed by atoms with Gasteiger partial charge in [-0.2, -0.15) is 0 Å². The molecule has 1 aromatic carbocycles. The van der Waals surface area contributed by atoms with Crippen molar-refractivity contribution in [3.63, 3.8) is 0 Å². The van der Waals surface area contributed by atoms with Gasteiger partial charge in [0.05, 0.1) is 18.2 Å². The van der Waals surface area contributed by atoms with Crippen molar-refractivity contribution in [2.24, 2.45) is 0 Å². The number of aryl methyl sites for hydroxylation is 2. The summed E-state index contributed by atoms with van der Waals surface area (Å²) in [6, 6.07) is 4.47. The van der Waals surface area contributed by atoms with Gasteiger partial charge in [-0.15, -0.1) is 0 Å². The molecule has 0 saturated heterocycles. The fourth-order valence-corrected chi connectivity index (χ4v) is 2.19. The molecule has 142 valence electrons. The molecule has 8 heteroatoms. The first-order valence-electron chi connectivity index (χ1n) is 7.82. The van der Waals surface area contributed by atoms with E-state index < -0.39 is 11.9 Å². The van der Waals surface area contributed by atoms with Gasteiger partial charge in [-0.05, 0) is 31.0 Å². The molecule has 0 spiro atoms. The van der Waals surface area contributed by atoms with Crippen LogP contribution in [0.15, 0.2) is 12.1 Å². The minimum absolute atomic E-state index is 0.494. The van der Waals surface area contributed by atoms with Crippen molar-refractivity contribution in [3.8, 4) is 5.75 Å². The Balaban J connectivity index is 0.000000823. The van der Waals surface area contributed by atoms with Gasteiger partial charge in [0.1, 0.15) is 12.4 Å². The smallest absolute Gasteiger partial charge is 0.414 e. The Bertz CT molecular complexity index is 527. The number of nitrogens with one attached hydrogen (secondary N) is 1. The third kappa shape index (κ3) is 11.4. The van der Waals surface area contributed by atoms with E-state index in [1.807, 2.05) is 19.9 Å². The zero-order valence-electron chi connectivity index (χ0n) is 15.0. The minimum atomic E-state index is -1.82. The molecule has 0 fully saturated rings. The number of rotatable bonds is 8. The fourth-order valence-electron chi connectivity index (χ4n) is 1.81. The SMILES string of the molecule is Cc1cc(C)c(OCCOCCNC(C)C)c(Cl)c1.O=C(O)C(=O)O. The summed E-state index contributed by atoms with van der Waals surface area (Å²) in [7, 11) is 0. The van der Waals surface area contributed by atoms with E-state index in [0.29, 0.717) is 30.9 Å². The lowest BCUT2D eigenvalue weighted by molar-refractivity contribution is -0.159. The molecule has 0 bridgehead atoms. The van der Waals surface area contributed by atoms with Gasteiger partial charge in [-0.1, -0.05) is 31.5 Å². The average molecular weight is 376 g/mol. The third-order valence-electron chi connectivity index (χ3n) is 2.83. The van der Waals surface area contributed by atoms with Gasteiger partial charge in [0.15, 0.2) is 0 Å². The summed E-state index contributed by atoms with van der Waals surface area (Å²) in [5.74, 6) is -2.89. The topological polar surface area (TPSA) is 105 Å². The van der Waals surface area contributed by atoms with Crippen LogP contribution in [-0.4, -0.2) is 54.6 Å². The second-order valence-electron chi connectivity index (χ2n) is 5.57. The molecule has 1 aromatic rings. The van der Waals surface area contributed by atoms with Crippen LogP contribution in [0.3, 0.4) is 0 Å². The number of ether oxygens (including phenoxy) is 2. The van der Waals surface area contributed by atoms with E-state index in [1.54, 1.807) is 0 Å². The first-order valence-corrected chi connectivity index (χ1v) is 8.19. The summed E-state index contributed by atoms with van der Waals surface area (Å²) in [5.41, 5.74) is 2.21. The number of hydrogen-bond acceptors (Lipinski definition) is 5. The molecule has 0 aliphatic rings. The molecule has 0 heterocycles. The van der Waals surface area contributed by atoms with Gasteiger partial charge in [-0.25, -0.2) is 9.59 Å². The van der Waals surface area contributed by atoms with E-state index in [0.717, 1.165) is 23.4 Å². The molecule has 25 heavy (non-hydrogen) atoms. The van der Waals surface area contributed by atoms with E-state index in [2.05, 4.69) is 25.2 Å². The van der Waals surface area contributed by atoms with E-state index in [1.165, 1.54) is 0 Å². The number of halogens is 1. The lowest BCUT2D eigenvalue weighted by Gasteiger charge is -2.12. The van der Waals surface area contributed by atoms with Crippen molar-refractivity contribution in [2.45, 2.75) is 33.7 Å². The van der Waals surface area contributed by atoms with Gasteiger partial charge in [0.25, 0.3) is 0 Å². The first kappa shape index (κ1) is 23.2. The fraction of sp³-hybridized carbons (Fsp3) is 0.529. The van der Waals surface area contributed by atoms with Gasteiger partial charge >= 0.3 is 11.9 Å². The second-order valence-corrected chi connectivity index (χ2v) is 5.98. The number of hydrogen-bond donors (Lipinski definition) is 3. The van der Waals surface area contributed by atoms with Crippen molar-refractivity contribution in [1.82, 2.24) is 5.32 Å². The lowest BCUT2D eigenvalue weighted by atomic mass is 10.1. The maximum atomic E-state index is 9.10. The highest BCUT2D eigenvalue weighted by Crippen LogP contribution is 2.29. The van der Waals surface area contributed by atoms with Crippen molar-refractivity contribution in [2.75, 3.05) is 26.4 Å². The molecule has 0 aromatic heterocycles. The number of aliphatic carboxylic acids is 2. The van der Waals surface area contributed by atoms with Gasteiger partial charge < -0.3 is 25.0 Å². The van der Waals surface area contributed by atoms with E-state index >= 15 is 0 Å². The zero-order chi connectivity index (χ0) is 19.4. The summed E-state index contributed by atoms with van der Waals surface area (Å²) in [6.07, 6.45) is 0. The molecular formula is C17H26ClNO6. The molecular weight excluding hydrogens is 350 g/mol. The van der Waals surface area contributed by atoms with Crippen LogP contribution in [0.5, 0.6) is 5.75 Å². The Morgan fingerprint density at radius 3 is 2.20 bits per heavy atom. The predicted molar refractivity (Wildman–Crippen MR) is 95.7 cm³/mol. The molecule has 0 amide bonds. The van der Waals surface area contributed by atoms with E-state index in [4.69, 9.17) is 40.9 Å². The monoisotopic (exact) mass is 375 g/mol. The Hall–Kier alpha value is -1.83. The standard InChI is InChI=1S/C15H24ClNO2.C2H2O4/c1-11(2)17-5-6-18-7-8-19-15-13(4)9-12(3)10-14(15)16;3-1(4)2(5)6/h9-11,17H,5-8H2,1-4H3;(H,3,4)(H,5,6). The highest BCUT2D eigenvalue weighted by molar-refractivity contribution is 6.32. The minimum Gasteiger partial charge on any atom is -0.489 e. The molecule has 0 aliphatic heterocycles. The average Bonchev–Trinajstić information content (AvgIpc) is 2.48. The van der Waals surface area contributed by atoms with Crippen molar-refractivity contribution < 1.29 is 29.3 Å². The maximum Gasteiger partial charge on any atom is 0.414 e. The van der Waals surface area contributed by atoms with Crippen LogP contribution < -0.4 is 10.1 Å². The Morgan fingerprint density at radius 2 is 1.72 bits per heavy atom. The van der Waals surface area contributed by atoms with E-state index in [-0.39, 0.29) is 0 Å². The lowest BCUT2D eigenvalue weighted by Crippen LogP contribution is -2.27. The Kier molecular flexibility index (Phi) is 11.6. The van der Waals surface area contributed by atoms with E-state index in [9.17, 15) is 0 Å². The largest absolute Gasteiger partial charge is 0.489 e. The van der Waals surface area contributed by atoms with Crippen LogP contribution in [0.4, 0.5) is 0 Å². The Morgan fingerprint density at radius 1 is 1.12 bits per heavy atom. The highest BCUT2D eigenvalue weighted by Gasteiger charge is 2.06. The highest BCUT2D eigenvalue weighted by atomic mass is 35.5. The van der Waals surface area contributed by atoms with Gasteiger partial charge in [0.2, 0.25) is 0 Å². The third-order valence-corrected chi connectivity index (χ3v) is 3.11. The van der Waals surface area contributed by atoms with Crippen LogP contribution in [-0.2, 0) is 14.3 Å². The Labute approximate surface area is 152 Å². The van der Waals surface area contributed by atoms with Crippen LogP contribution >= 0.6 is 11.6 Å². The second kappa shape index (κ2) is 12.5. The van der Waals surface area contributed by atoms with Gasteiger partial charge in [0, 0.05) is 12.6 Å². The van der Waals surface area contributed by atoms with Crippen molar-refractivity contribution in [1.29, 1.82) is 0 Å². The zero-order valence-corrected chi connectivity index (χ0v) is 15.7. The van der Waals surface area contributed by atoms with Crippen LogP contribution in [0, 0.1) is 13.8 Å². The molecule has 0 unspecified atom stereocenters. The molecule has 0 saturated carbocycles. The molecule has 0 radical (unpaired) electrons. The number of carboxylic acids is 2.